The summed E-state index contributed by atoms with van der Waals surface area (Å²) >= 11 is 0. The maximum Gasteiger partial charge on any atom is 0.262 e. The van der Waals surface area contributed by atoms with E-state index < -0.39 is 22.0 Å². The Hall–Kier alpha value is -1.44. The van der Waals surface area contributed by atoms with Gasteiger partial charge in [0.15, 0.2) is 0 Å². The normalized spacial score (nSPS) is 28.8. The van der Waals surface area contributed by atoms with Crippen LogP contribution in [0.5, 0.6) is 0 Å². The van der Waals surface area contributed by atoms with Gasteiger partial charge < -0.3 is 0 Å². The third-order valence-electron chi connectivity index (χ3n) is 4.50. The van der Waals surface area contributed by atoms with Gasteiger partial charge in [0.1, 0.15) is 6.04 Å². The molecule has 2 aliphatic rings. The molecule has 21 heavy (non-hydrogen) atoms. The van der Waals surface area contributed by atoms with Crippen LogP contribution in [-0.4, -0.2) is 35.9 Å². The highest BCUT2D eigenvalue weighted by molar-refractivity contribution is 7.89. The predicted molar refractivity (Wildman–Crippen MR) is 75.1 cm³/mol. The second-order valence-electron chi connectivity index (χ2n) is 5.80. The highest BCUT2D eigenvalue weighted by atomic mass is 32.2. The Morgan fingerprint density at radius 3 is 2.57 bits per heavy atom. The smallest absolute Gasteiger partial charge is 0.262 e. The predicted octanol–water partition coefficient (Wildman–Crippen LogP) is 1.04. The molecule has 114 valence electrons. The summed E-state index contributed by atoms with van der Waals surface area (Å²) < 4.78 is 27.0. The van der Waals surface area contributed by atoms with Gasteiger partial charge in [-0.15, -0.1) is 0 Å². The minimum Gasteiger partial charge on any atom is -0.289 e. The molecule has 1 aromatic carbocycles. The summed E-state index contributed by atoms with van der Waals surface area (Å²) in [6, 6.07) is 5.64. The average molecular weight is 310 g/mol. The lowest BCUT2D eigenvalue weighted by Crippen LogP contribution is -2.52. The van der Waals surface area contributed by atoms with Gasteiger partial charge in [0.05, 0.1) is 4.90 Å². The Morgan fingerprint density at radius 1 is 1.29 bits per heavy atom. The number of sulfonamides is 1. The van der Waals surface area contributed by atoms with Crippen LogP contribution in [0.2, 0.25) is 0 Å². The van der Waals surface area contributed by atoms with Gasteiger partial charge in [-0.05, 0) is 44.2 Å². The Labute approximate surface area is 123 Å². The second-order valence-corrected chi connectivity index (χ2v) is 7.64. The fourth-order valence-corrected chi connectivity index (χ4v) is 5.39. The molecular formula is C14H18N2O4S. The molecule has 1 aliphatic heterocycles. The minimum atomic E-state index is -3.73. The highest BCUT2D eigenvalue weighted by Gasteiger charge is 2.54. The number of piperidine rings is 1. The van der Waals surface area contributed by atoms with Crippen molar-refractivity contribution < 1.29 is 18.4 Å². The van der Waals surface area contributed by atoms with Gasteiger partial charge >= 0.3 is 0 Å². The first-order chi connectivity index (χ1) is 9.95. The molecule has 3 atom stereocenters. The van der Waals surface area contributed by atoms with Gasteiger partial charge in [-0.25, -0.2) is 13.9 Å². The Morgan fingerprint density at radius 2 is 1.95 bits per heavy atom. The van der Waals surface area contributed by atoms with Crippen molar-refractivity contribution in [3.05, 3.63) is 29.8 Å². The molecule has 2 N–H and O–H groups in total. The van der Waals surface area contributed by atoms with Crippen molar-refractivity contribution in [3.8, 4) is 0 Å². The Kier molecular flexibility index (Phi) is 3.51. The van der Waals surface area contributed by atoms with Crippen molar-refractivity contribution in [2.45, 2.75) is 43.2 Å². The summed E-state index contributed by atoms with van der Waals surface area (Å²) in [5.74, 6) is -0.653. The van der Waals surface area contributed by atoms with E-state index in [0.717, 1.165) is 18.4 Å². The number of hydroxylamine groups is 1. The maximum absolute atomic E-state index is 12.8. The van der Waals surface area contributed by atoms with Gasteiger partial charge in [-0.1, -0.05) is 17.7 Å². The molecule has 0 aromatic heterocycles. The van der Waals surface area contributed by atoms with Crippen LogP contribution >= 0.6 is 0 Å². The van der Waals surface area contributed by atoms with Gasteiger partial charge in [-0.3, -0.25) is 10.0 Å². The molecule has 3 rings (SSSR count). The van der Waals surface area contributed by atoms with E-state index in [0.29, 0.717) is 6.42 Å². The maximum atomic E-state index is 12.8. The number of fused-ring (bicyclic) bond motifs is 2. The van der Waals surface area contributed by atoms with E-state index in [4.69, 9.17) is 5.21 Å². The summed E-state index contributed by atoms with van der Waals surface area (Å²) in [5, 5.41) is 8.89. The minimum absolute atomic E-state index is 0.0117. The molecule has 1 aromatic rings. The van der Waals surface area contributed by atoms with Crippen molar-refractivity contribution in [1.29, 1.82) is 0 Å². The number of rotatable bonds is 3. The summed E-state index contributed by atoms with van der Waals surface area (Å²) in [6.07, 6.45) is 2.27. The number of nitrogens with zero attached hydrogens (tertiary/aromatic N) is 1. The molecule has 1 saturated heterocycles. The molecule has 1 aliphatic carbocycles. The number of amides is 1. The number of benzene rings is 1. The van der Waals surface area contributed by atoms with Crippen LogP contribution in [0.1, 0.15) is 24.8 Å². The van der Waals surface area contributed by atoms with E-state index >= 15 is 0 Å². The van der Waals surface area contributed by atoms with E-state index in [1.54, 1.807) is 29.7 Å². The molecule has 0 radical (unpaired) electrons. The van der Waals surface area contributed by atoms with Gasteiger partial charge in [-0.2, -0.15) is 4.31 Å². The molecule has 3 unspecified atom stereocenters. The van der Waals surface area contributed by atoms with Crippen molar-refractivity contribution in [3.63, 3.8) is 0 Å². The van der Waals surface area contributed by atoms with E-state index in [-0.39, 0.29) is 16.9 Å². The van der Waals surface area contributed by atoms with Crippen LogP contribution in [0.25, 0.3) is 0 Å². The number of carbonyl (C=O) groups excluding carboxylic acids is 1. The van der Waals surface area contributed by atoms with Crippen molar-refractivity contribution in [1.82, 2.24) is 9.79 Å². The summed E-state index contributed by atoms with van der Waals surface area (Å²) in [6.45, 7) is 1.89. The molecule has 1 saturated carbocycles. The molecule has 7 heteroatoms. The lowest BCUT2D eigenvalue weighted by Gasteiger charge is -2.32. The van der Waals surface area contributed by atoms with Gasteiger partial charge in [0.25, 0.3) is 5.91 Å². The van der Waals surface area contributed by atoms with E-state index in [9.17, 15) is 13.2 Å². The average Bonchev–Trinajstić information content (AvgIpc) is 3.07. The van der Waals surface area contributed by atoms with Crippen LogP contribution in [0, 0.1) is 12.8 Å². The fourth-order valence-electron chi connectivity index (χ4n) is 3.52. The quantitative estimate of drug-likeness (QED) is 0.645. The molecule has 2 fully saturated rings. The first kappa shape index (κ1) is 14.5. The number of carbonyl (C=O) groups is 1. The molecular weight excluding hydrogens is 292 g/mol. The molecule has 1 amide bonds. The Balaban J connectivity index is 2.00. The van der Waals surface area contributed by atoms with Crippen molar-refractivity contribution >= 4 is 15.9 Å². The first-order valence-corrected chi connectivity index (χ1v) is 8.43. The van der Waals surface area contributed by atoms with Crippen LogP contribution in [0.4, 0.5) is 0 Å². The summed E-state index contributed by atoms with van der Waals surface area (Å²) in [7, 11) is -3.73. The van der Waals surface area contributed by atoms with E-state index in [2.05, 4.69) is 0 Å². The van der Waals surface area contributed by atoms with Crippen molar-refractivity contribution in [2.24, 2.45) is 5.92 Å². The Bertz CT molecular complexity index is 656. The van der Waals surface area contributed by atoms with Gasteiger partial charge in [0, 0.05) is 6.04 Å². The van der Waals surface area contributed by atoms with Crippen LogP contribution in [-0.2, 0) is 14.8 Å². The third-order valence-corrected chi connectivity index (χ3v) is 6.45. The SMILES string of the molecule is Cc1ccc(S(=O)(=O)N2C3CCC(C3)C2C(=O)NO)cc1. The molecule has 0 spiro atoms. The van der Waals surface area contributed by atoms with Crippen LogP contribution in [0.3, 0.4) is 0 Å². The highest BCUT2D eigenvalue weighted by Crippen LogP contribution is 2.45. The number of nitrogens with one attached hydrogen (secondary N) is 1. The second kappa shape index (κ2) is 5.08. The zero-order chi connectivity index (χ0) is 15.2. The zero-order valence-electron chi connectivity index (χ0n) is 11.7. The zero-order valence-corrected chi connectivity index (χ0v) is 12.5. The molecule has 6 nitrogen and oxygen atoms in total. The van der Waals surface area contributed by atoms with Crippen LogP contribution in [0.15, 0.2) is 29.2 Å². The standard InChI is InChI=1S/C14H18N2O4S/c1-9-2-6-12(7-3-9)21(19,20)16-11-5-4-10(8-11)13(16)14(17)15-18/h2-3,6-7,10-11,13,18H,4-5,8H2,1H3,(H,15,17). The lowest BCUT2D eigenvalue weighted by atomic mass is 10.00. The van der Waals surface area contributed by atoms with E-state index in [1.165, 1.54) is 4.31 Å². The van der Waals surface area contributed by atoms with Crippen molar-refractivity contribution in [2.75, 3.05) is 0 Å². The first-order valence-electron chi connectivity index (χ1n) is 6.99. The fraction of sp³-hybridized carbons (Fsp3) is 0.500. The molecule has 1 heterocycles. The summed E-state index contributed by atoms with van der Waals surface area (Å²) in [5.41, 5.74) is 2.58. The number of hydrogen-bond acceptors (Lipinski definition) is 4. The number of hydrogen-bond donors (Lipinski definition) is 2. The topological polar surface area (TPSA) is 86.7 Å². The molecule has 2 bridgehead atoms. The third kappa shape index (κ3) is 2.25. The largest absolute Gasteiger partial charge is 0.289 e. The summed E-state index contributed by atoms with van der Waals surface area (Å²) in [4.78, 5) is 12.1. The number of aryl methyl sites for hydroxylation is 1. The van der Waals surface area contributed by atoms with Gasteiger partial charge in [0.2, 0.25) is 10.0 Å². The van der Waals surface area contributed by atoms with Crippen LogP contribution < -0.4 is 5.48 Å². The monoisotopic (exact) mass is 310 g/mol. The lowest BCUT2D eigenvalue weighted by molar-refractivity contribution is -0.134. The van der Waals surface area contributed by atoms with E-state index in [1.807, 2.05) is 6.92 Å².